The lowest BCUT2D eigenvalue weighted by Gasteiger charge is -2.04. The molecular weight excluding hydrogens is 308 g/mol. The van der Waals surface area contributed by atoms with Gasteiger partial charge in [-0.25, -0.2) is 18.1 Å². The van der Waals surface area contributed by atoms with Gasteiger partial charge in [0.15, 0.2) is 6.39 Å². The van der Waals surface area contributed by atoms with Gasteiger partial charge in [0.1, 0.15) is 6.26 Å². The van der Waals surface area contributed by atoms with Crippen molar-refractivity contribution in [2.45, 2.75) is 11.4 Å². The fourth-order valence-corrected chi connectivity index (χ4v) is 2.45. The fraction of sp³-hybridized carbons (Fsp3) is 0.100. The lowest BCUT2D eigenvalue weighted by atomic mass is 10.4. The average molecular weight is 317 g/mol. The first-order chi connectivity index (χ1) is 8.08. The molecule has 0 spiro atoms. The molecule has 0 aliphatic carbocycles. The van der Waals surface area contributed by atoms with Gasteiger partial charge in [-0.2, -0.15) is 0 Å². The van der Waals surface area contributed by atoms with E-state index in [9.17, 15) is 8.42 Å². The van der Waals surface area contributed by atoms with Crippen molar-refractivity contribution < 1.29 is 12.8 Å². The van der Waals surface area contributed by atoms with E-state index in [1.54, 1.807) is 12.1 Å². The van der Waals surface area contributed by atoms with Crippen molar-refractivity contribution in [2.75, 3.05) is 0 Å². The van der Waals surface area contributed by atoms with Gasteiger partial charge in [0, 0.05) is 4.47 Å². The molecule has 0 fully saturated rings. The van der Waals surface area contributed by atoms with Gasteiger partial charge >= 0.3 is 0 Å². The maximum absolute atomic E-state index is 11.9. The minimum absolute atomic E-state index is 0.106. The molecule has 0 atom stereocenters. The molecule has 1 N–H and O–H groups in total. The normalized spacial score (nSPS) is 11.6. The summed E-state index contributed by atoms with van der Waals surface area (Å²) in [7, 11) is -3.51. The molecule has 0 amide bonds. The van der Waals surface area contributed by atoms with E-state index >= 15 is 0 Å². The summed E-state index contributed by atoms with van der Waals surface area (Å²) in [6.07, 6.45) is 2.65. The van der Waals surface area contributed by atoms with Crippen LogP contribution in [0.5, 0.6) is 0 Å². The predicted octanol–water partition coefficient (Wildman–Crippen LogP) is 1.92. The summed E-state index contributed by atoms with van der Waals surface area (Å²) < 4.78 is 31.7. The molecule has 2 rings (SSSR count). The Morgan fingerprint density at radius 3 is 2.59 bits per heavy atom. The highest BCUT2D eigenvalue weighted by Gasteiger charge is 2.13. The van der Waals surface area contributed by atoms with Crippen molar-refractivity contribution in [3.05, 3.63) is 47.1 Å². The standard InChI is InChI=1S/C10H9BrN2O3S/c11-8-1-3-10(4-2-8)17(14,15)13-5-9-6-16-7-12-9/h1-4,6-7,13H,5H2. The van der Waals surface area contributed by atoms with Gasteiger partial charge in [-0.1, -0.05) is 15.9 Å². The van der Waals surface area contributed by atoms with Gasteiger partial charge in [-0.05, 0) is 24.3 Å². The van der Waals surface area contributed by atoms with E-state index in [0.717, 1.165) is 4.47 Å². The van der Waals surface area contributed by atoms with Crippen molar-refractivity contribution >= 4 is 26.0 Å². The molecule has 2 aromatic rings. The van der Waals surface area contributed by atoms with Crippen LogP contribution in [0.2, 0.25) is 0 Å². The summed E-state index contributed by atoms with van der Waals surface area (Å²) in [6, 6.07) is 6.39. The van der Waals surface area contributed by atoms with Crippen LogP contribution in [-0.4, -0.2) is 13.4 Å². The second-order valence-corrected chi connectivity index (χ2v) is 5.94. The van der Waals surface area contributed by atoms with Gasteiger partial charge in [-0.3, -0.25) is 0 Å². The fourth-order valence-electron chi connectivity index (χ4n) is 1.19. The quantitative estimate of drug-likeness (QED) is 0.935. The largest absolute Gasteiger partial charge is 0.451 e. The molecule has 7 heteroatoms. The van der Waals surface area contributed by atoms with Crippen LogP contribution in [0.15, 0.2) is 50.7 Å². The number of halogens is 1. The summed E-state index contributed by atoms with van der Waals surface area (Å²) in [5, 5.41) is 0. The number of oxazole rings is 1. The van der Waals surface area contributed by atoms with E-state index < -0.39 is 10.0 Å². The van der Waals surface area contributed by atoms with Crippen LogP contribution in [0.3, 0.4) is 0 Å². The number of hydrogen-bond donors (Lipinski definition) is 1. The molecule has 0 saturated carbocycles. The summed E-state index contributed by atoms with van der Waals surface area (Å²) in [4.78, 5) is 4.04. The van der Waals surface area contributed by atoms with Gasteiger partial charge in [-0.15, -0.1) is 0 Å². The van der Waals surface area contributed by atoms with Gasteiger partial charge in [0.05, 0.1) is 17.1 Å². The van der Waals surface area contributed by atoms with Crippen LogP contribution < -0.4 is 4.72 Å². The molecule has 0 radical (unpaired) electrons. The minimum Gasteiger partial charge on any atom is -0.451 e. The Labute approximate surface area is 107 Å². The third-order valence-electron chi connectivity index (χ3n) is 2.05. The van der Waals surface area contributed by atoms with E-state index in [4.69, 9.17) is 4.42 Å². The topological polar surface area (TPSA) is 72.2 Å². The highest BCUT2D eigenvalue weighted by Crippen LogP contribution is 2.14. The molecule has 90 valence electrons. The highest BCUT2D eigenvalue weighted by atomic mass is 79.9. The predicted molar refractivity (Wildman–Crippen MR) is 64.7 cm³/mol. The van der Waals surface area contributed by atoms with Crippen molar-refractivity contribution in [2.24, 2.45) is 0 Å². The zero-order chi connectivity index (χ0) is 12.3. The molecule has 5 nitrogen and oxygen atoms in total. The summed E-state index contributed by atoms with van der Waals surface area (Å²) >= 11 is 3.25. The highest BCUT2D eigenvalue weighted by molar-refractivity contribution is 9.10. The Morgan fingerprint density at radius 2 is 2.00 bits per heavy atom. The number of aromatic nitrogens is 1. The summed E-state index contributed by atoms with van der Waals surface area (Å²) in [5.41, 5.74) is 0.533. The van der Waals surface area contributed by atoms with Crippen molar-refractivity contribution in [1.82, 2.24) is 9.71 Å². The van der Waals surface area contributed by atoms with Crippen LogP contribution in [-0.2, 0) is 16.6 Å². The molecule has 0 aliphatic heterocycles. The molecule has 0 aliphatic rings. The number of nitrogens with one attached hydrogen (secondary N) is 1. The Balaban J connectivity index is 2.11. The zero-order valence-corrected chi connectivity index (χ0v) is 11.0. The number of benzene rings is 1. The SMILES string of the molecule is O=S(=O)(NCc1cocn1)c1ccc(Br)cc1. The Hall–Kier alpha value is -1.18. The second kappa shape index (κ2) is 4.99. The van der Waals surface area contributed by atoms with Crippen molar-refractivity contribution in [3.8, 4) is 0 Å². The molecule has 0 bridgehead atoms. The lowest BCUT2D eigenvalue weighted by Crippen LogP contribution is -2.23. The number of rotatable bonds is 4. The van der Waals surface area contributed by atoms with Crippen molar-refractivity contribution in [3.63, 3.8) is 0 Å². The first kappa shape index (κ1) is 12.3. The van der Waals surface area contributed by atoms with Gasteiger partial charge in [0.2, 0.25) is 10.0 Å². The Kier molecular flexibility index (Phi) is 3.60. The van der Waals surface area contributed by atoms with Crippen LogP contribution in [0.25, 0.3) is 0 Å². The van der Waals surface area contributed by atoms with E-state index in [1.165, 1.54) is 24.8 Å². The van der Waals surface area contributed by atoms with Crippen molar-refractivity contribution in [1.29, 1.82) is 0 Å². The molecule has 0 unspecified atom stereocenters. The van der Waals surface area contributed by atoms with Crippen LogP contribution in [0.4, 0.5) is 0 Å². The van der Waals surface area contributed by atoms with E-state index in [1.807, 2.05) is 0 Å². The maximum atomic E-state index is 11.9. The second-order valence-electron chi connectivity index (χ2n) is 3.26. The van der Waals surface area contributed by atoms with Gasteiger partial charge in [0.25, 0.3) is 0 Å². The molecule has 1 aromatic heterocycles. The molecule has 1 aromatic carbocycles. The molecule has 1 heterocycles. The molecular formula is C10H9BrN2O3S. The number of nitrogens with zero attached hydrogens (tertiary/aromatic N) is 1. The lowest BCUT2D eigenvalue weighted by molar-refractivity contribution is 0.555. The number of hydrogen-bond acceptors (Lipinski definition) is 4. The molecule has 0 saturated heterocycles. The van der Waals surface area contributed by atoms with E-state index in [2.05, 4.69) is 25.6 Å². The summed E-state index contributed by atoms with van der Waals surface area (Å²) in [5.74, 6) is 0. The van der Waals surface area contributed by atoms with Gasteiger partial charge < -0.3 is 4.42 Å². The first-order valence-corrected chi connectivity index (χ1v) is 6.98. The van der Waals surface area contributed by atoms with Crippen LogP contribution >= 0.6 is 15.9 Å². The average Bonchev–Trinajstić information content (AvgIpc) is 2.80. The van der Waals surface area contributed by atoms with Crippen LogP contribution in [0, 0.1) is 0 Å². The smallest absolute Gasteiger partial charge is 0.240 e. The first-order valence-electron chi connectivity index (χ1n) is 4.70. The van der Waals surface area contributed by atoms with E-state index in [0.29, 0.717) is 5.69 Å². The van der Waals surface area contributed by atoms with E-state index in [-0.39, 0.29) is 11.4 Å². The third kappa shape index (κ3) is 3.15. The van der Waals surface area contributed by atoms with Crippen LogP contribution in [0.1, 0.15) is 5.69 Å². The third-order valence-corrected chi connectivity index (χ3v) is 4.00. The Morgan fingerprint density at radius 1 is 1.29 bits per heavy atom. The zero-order valence-electron chi connectivity index (χ0n) is 8.63. The molecule has 17 heavy (non-hydrogen) atoms. The summed E-state index contributed by atoms with van der Waals surface area (Å²) in [6.45, 7) is 0.106. The minimum atomic E-state index is -3.51. The maximum Gasteiger partial charge on any atom is 0.240 e. The monoisotopic (exact) mass is 316 g/mol. The Bertz CT molecular complexity index is 579. The number of sulfonamides is 1.